The number of likely N-dealkylation sites (N-methyl/N-ethyl adjacent to an activating group) is 2. The van der Waals surface area contributed by atoms with Crippen LogP contribution in [0.3, 0.4) is 0 Å². The average molecular weight is 493 g/mol. The van der Waals surface area contributed by atoms with Crippen LogP contribution in [0.2, 0.25) is 0 Å². The smallest absolute Gasteiger partial charge is 0.294 e. The lowest BCUT2D eigenvalue weighted by atomic mass is 10.2. The van der Waals surface area contributed by atoms with Crippen molar-refractivity contribution >= 4 is 28.5 Å². The van der Waals surface area contributed by atoms with Crippen LogP contribution in [0.5, 0.6) is 11.5 Å². The highest BCUT2D eigenvalue weighted by Gasteiger charge is 2.23. The summed E-state index contributed by atoms with van der Waals surface area (Å²) in [6, 6.07) is 8.80. The van der Waals surface area contributed by atoms with Crippen molar-refractivity contribution in [1.29, 1.82) is 0 Å². The van der Waals surface area contributed by atoms with Crippen molar-refractivity contribution in [3.8, 4) is 22.8 Å². The molecule has 4 rings (SSSR count). The molecule has 0 bridgehead atoms. The first-order valence-corrected chi connectivity index (χ1v) is 11.2. The van der Waals surface area contributed by atoms with E-state index in [2.05, 4.69) is 20.4 Å². The maximum absolute atomic E-state index is 11.9. The molecule has 1 N–H and O–H groups in total. The minimum absolute atomic E-state index is 0.0593. The van der Waals surface area contributed by atoms with Gasteiger partial charge in [-0.3, -0.25) is 10.1 Å². The molecule has 0 aliphatic rings. The van der Waals surface area contributed by atoms with Gasteiger partial charge in [0.05, 0.1) is 48.3 Å². The molecule has 4 aromatic rings. The van der Waals surface area contributed by atoms with Gasteiger partial charge < -0.3 is 24.6 Å². The summed E-state index contributed by atoms with van der Waals surface area (Å²) in [6.07, 6.45) is 5.09. The van der Waals surface area contributed by atoms with Gasteiger partial charge in [-0.2, -0.15) is 5.10 Å². The molecule has 188 valence electrons. The van der Waals surface area contributed by atoms with Crippen molar-refractivity contribution in [3.63, 3.8) is 0 Å². The predicted octanol–water partition coefficient (Wildman–Crippen LogP) is 3.46. The summed E-state index contributed by atoms with van der Waals surface area (Å²) >= 11 is 0. The molecule has 36 heavy (non-hydrogen) atoms. The van der Waals surface area contributed by atoms with Crippen LogP contribution >= 0.6 is 0 Å². The highest BCUT2D eigenvalue weighted by Crippen LogP contribution is 2.39. The quantitative estimate of drug-likeness (QED) is 0.260. The Labute approximate surface area is 208 Å². The molecule has 3 heterocycles. The van der Waals surface area contributed by atoms with Gasteiger partial charge in [0.25, 0.3) is 5.69 Å². The highest BCUT2D eigenvalue weighted by atomic mass is 16.6. The summed E-state index contributed by atoms with van der Waals surface area (Å²) < 4.78 is 12.8. The van der Waals surface area contributed by atoms with Gasteiger partial charge in [-0.15, -0.1) is 0 Å². The molecule has 0 saturated heterocycles. The standard InChI is InChI=1S/C24H28N8O4/c1-29(2)10-11-30(3)19-13-21(35-4)17(12-20(19)32(33)34)27-24-25-15-22(36-5)23(28-24)16-14-26-31-9-7-6-8-18(16)31/h6-9,12-15H,10-11H2,1-5H3,(H,25,27,28). The molecule has 0 spiro atoms. The van der Waals surface area contributed by atoms with E-state index in [0.717, 1.165) is 17.6 Å². The third kappa shape index (κ3) is 4.98. The number of nitro groups is 1. The Kier molecular flexibility index (Phi) is 7.15. The van der Waals surface area contributed by atoms with Crippen molar-refractivity contribution in [2.24, 2.45) is 0 Å². The monoisotopic (exact) mass is 492 g/mol. The molecule has 0 saturated carbocycles. The molecule has 12 heteroatoms. The molecular formula is C24H28N8O4. The first kappa shape index (κ1) is 24.7. The van der Waals surface area contributed by atoms with Crippen LogP contribution in [-0.2, 0) is 0 Å². The molecule has 0 radical (unpaired) electrons. The van der Waals surface area contributed by atoms with Gasteiger partial charge in [-0.1, -0.05) is 6.07 Å². The fraction of sp³-hybridized carbons (Fsp3) is 0.292. The van der Waals surface area contributed by atoms with E-state index < -0.39 is 4.92 Å². The Bertz CT molecular complexity index is 1390. The Morgan fingerprint density at radius 1 is 1.08 bits per heavy atom. The predicted molar refractivity (Wildman–Crippen MR) is 138 cm³/mol. The first-order valence-electron chi connectivity index (χ1n) is 11.2. The second-order valence-electron chi connectivity index (χ2n) is 8.35. The third-order valence-electron chi connectivity index (χ3n) is 5.69. The van der Waals surface area contributed by atoms with Crippen LogP contribution in [0.1, 0.15) is 0 Å². The van der Waals surface area contributed by atoms with Crippen LogP contribution in [0.25, 0.3) is 16.8 Å². The molecule has 0 fully saturated rings. The molecule has 0 atom stereocenters. The summed E-state index contributed by atoms with van der Waals surface area (Å²) in [5, 5.41) is 19.4. The number of nitro benzene ring substituents is 1. The van der Waals surface area contributed by atoms with E-state index in [1.807, 2.05) is 55.3 Å². The summed E-state index contributed by atoms with van der Waals surface area (Å²) in [6.45, 7) is 1.34. The van der Waals surface area contributed by atoms with Crippen molar-refractivity contribution < 1.29 is 14.4 Å². The number of hydrogen-bond donors (Lipinski definition) is 1. The number of benzene rings is 1. The van der Waals surface area contributed by atoms with Crippen molar-refractivity contribution in [2.75, 3.05) is 58.7 Å². The number of methoxy groups -OCH3 is 2. The van der Waals surface area contributed by atoms with E-state index in [-0.39, 0.29) is 11.6 Å². The maximum Gasteiger partial charge on any atom is 0.294 e. The normalized spacial score (nSPS) is 11.1. The number of anilines is 3. The summed E-state index contributed by atoms with van der Waals surface area (Å²) in [7, 11) is 8.76. The van der Waals surface area contributed by atoms with Crippen molar-refractivity contribution in [3.05, 3.63) is 59.0 Å². The Balaban J connectivity index is 1.73. The number of pyridine rings is 1. The summed E-state index contributed by atoms with van der Waals surface area (Å²) in [5.41, 5.74) is 2.89. The number of fused-ring (bicyclic) bond motifs is 1. The van der Waals surface area contributed by atoms with Crippen molar-refractivity contribution in [2.45, 2.75) is 0 Å². The molecule has 0 aliphatic heterocycles. The maximum atomic E-state index is 11.9. The van der Waals surface area contributed by atoms with Crippen LogP contribution in [0.4, 0.5) is 23.0 Å². The number of ether oxygens (including phenoxy) is 2. The summed E-state index contributed by atoms with van der Waals surface area (Å²) in [5.74, 6) is 1.11. The molecule has 0 aliphatic carbocycles. The zero-order valence-corrected chi connectivity index (χ0v) is 20.8. The Morgan fingerprint density at radius 3 is 2.56 bits per heavy atom. The van der Waals surface area contributed by atoms with Gasteiger partial charge in [0, 0.05) is 38.5 Å². The van der Waals surface area contributed by atoms with Crippen LogP contribution < -0.4 is 19.7 Å². The minimum Gasteiger partial charge on any atom is -0.494 e. The Morgan fingerprint density at radius 2 is 1.86 bits per heavy atom. The topological polar surface area (TPSA) is 123 Å². The number of nitrogens with one attached hydrogen (secondary N) is 1. The third-order valence-corrected chi connectivity index (χ3v) is 5.69. The zero-order valence-electron chi connectivity index (χ0n) is 20.8. The van der Waals surface area contributed by atoms with E-state index in [1.54, 1.807) is 30.1 Å². The molecule has 1 aromatic carbocycles. The fourth-order valence-electron chi connectivity index (χ4n) is 3.76. The second kappa shape index (κ2) is 10.4. The van der Waals surface area contributed by atoms with Crippen molar-refractivity contribution in [1.82, 2.24) is 24.5 Å². The van der Waals surface area contributed by atoms with Gasteiger partial charge in [0.2, 0.25) is 5.95 Å². The molecule has 12 nitrogen and oxygen atoms in total. The van der Waals surface area contributed by atoms with Crippen LogP contribution in [0, 0.1) is 10.1 Å². The van der Waals surface area contributed by atoms with E-state index in [1.165, 1.54) is 13.2 Å². The highest BCUT2D eigenvalue weighted by molar-refractivity contribution is 5.82. The minimum atomic E-state index is -0.411. The second-order valence-corrected chi connectivity index (χ2v) is 8.35. The van der Waals surface area contributed by atoms with Gasteiger partial charge in [-0.05, 0) is 26.2 Å². The number of hydrogen-bond acceptors (Lipinski definition) is 10. The van der Waals surface area contributed by atoms with E-state index in [0.29, 0.717) is 35.1 Å². The molecule has 0 amide bonds. The lowest BCUT2D eigenvalue weighted by molar-refractivity contribution is -0.384. The molecular weight excluding hydrogens is 464 g/mol. The lowest BCUT2D eigenvalue weighted by Crippen LogP contribution is -2.28. The first-order chi connectivity index (χ1) is 17.3. The zero-order chi connectivity index (χ0) is 25.8. The molecule has 0 unspecified atom stereocenters. The average Bonchev–Trinajstić information content (AvgIpc) is 3.31. The molecule has 3 aromatic heterocycles. The van der Waals surface area contributed by atoms with Crippen LogP contribution in [0.15, 0.2) is 48.9 Å². The van der Waals surface area contributed by atoms with E-state index in [4.69, 9.17) is 9.47 Å². The largest absolute Gasteiger partial charge is 0.494 e. The number of aromatic nitrogens is 4. The number of rotatable bonds is 10. The van der Waals surface area contributed by atoms with Gasteiger partial charge in [0.15, 0.2) is 5.75 Å². The van der Waals surface area contributed by atoms with E-state index in [9.17, 15) is 10.1 Å². The SMILES string of the molecule is COc1cc(N(C)CCN(C)C)c([N+](=O)[O-])cc1Nc1ncc(OC)c(-c2cnn3ccccc23)n1. The Hall–Kier alpha value is -4.45. The van der Waals surface area contributed by atoms with Gasteiger partial charge in [0.1, 0.15) is 17.1 Å². The van der Waals surface area contributed by atoms with E-state index >= 15 is 0 Å². The fourth-order valence-corrected chi connectivity index (χ4v) is 3.76. The van der Waals surface area contributed by atoms with Gasteiger partial charge in [-0.25, -0.2) is 14.5 Å². The van der Waals surface area contributed by atoms with Crippen LogP contribution in [-0.4, -0.2) is 77.9 Å². The number of nitrogens with zero attached hydrogens (tertiary/aromatic N) is 7. The lowest BCUT2D eigenvalue weighted by Gasteiger charge is -2.22. The summed E-state index contributed by atoms with van der Waals surface area (Å²) in [4.78, 5) is 24.3. The van der Waals surface area contributed by atoms with Gasteiger partial charge >= 0.3 is 0 Å².